The fourth-order valence-corrected chi connectivity index (χ4v) is 4.18. The van der Waals surface area contributed by atoms with Crippen LogP contribution in [0.25, 0.3) is 11.1 Å². The molecule has 0 aliphatic rings. The number of fused-ring (bicyclic) bond motifs is 1. The molecule has 9 heteroatoms. The van der Waals surface area contributed by atoms with Gasteiger partial charge in [0.15, 0.2) is 0 Å². The molecular weight excluding hydrogens is 446 g/mol. The number of amides is 2. The molecule has 1 atom stereocenters. The average molecular weight is 474 g/mol. The molecule has 2 aromatic heterocycles. The van der Waals surface area contributed by atoms with Crippen LogP contribution in [0.3, 0.4) is 0 Å². The van der Waals surface area contributed by atoms with Crippen molar-refractivity contribution in [3.63, 3.8) is 0 Å². The molecule has 180 valence electrons. The first-order valence-corrected chi connectivity index (χ1v) is 11.5. The molecule has 0 saturated carbocycles. The van der Waals surface area contributed by atoms with Gasteiger partial charge in [-0.15, -0.1) is 0 Å². The van der Waals surface area contributed by atoms with E-state index in [0.717, 1.165) is 5.56 Å². The van der Waals surface area contributed by atoms with Gasteiger partial charge in [-0.3, -0.25) is 19.0 Å². The maximum absolute atomic E-state index is 13.6. The molecule has 9 nitrogen and oxygen atoms in total. The third-order valence-electron chi connectivity index (χ3n) is 5.92. The Balaban J connectivity index is 1.88. The summed E-state index contributed by atoms with van der Waals surface area (Å²) >= 11 is 0. The topological polar surface area (TPSA) is 124 Å². The second-order valence-corrected chi connectivity index (χ2v) is 8.30. The van der Waals surface area contributed by atoms with Gasteiger partial charge in [0.2, 0.25) is 5.91 Å². The van der Waals surface area contributed by atoms with Gasteiger partial charge in [0, 0.05) is 18.5 Å². The number of aryl methyl sites for hydroxylation is 1. The normalized spacial score (nSPS) is 11.9. The van der Waals surface area contributed by atoms with Gasteiger partial charge < -0.3 is 15.2 Å². The molecule has 2 N–H and O–H groups in total. The number of hydrogen-bond acceptors (Lipinski definition) is 6. The van der Waals surface area contributed by atoms with Gasteiger partial charge in [0.1, 0.15) is 11.2 Å². The van der Waals surface area contributed by atoms with Crippen molar-refractivity contribution in [2.45, 2.75) is 39.3 Å². The van der Waals surface area contributed by atoms with Gasteiger partial charge >= 0.3 is 0 Å². The summed E-state index contributed by atoms with van der Waals surface area (Å²) in [6, 6.07) is 17.7. The van der Waals surface area contributed by atoms with Crippen LogP contribution < -0.4 is 11.3 Å². The van der Waals surface area contributed by atoms with Crippen molar-refractivity contribution in [1.29, 1.82) is 0 Å². The summed E-state index contributed by atoms with van der Waals surface area (Å²) in [6.07, 6.45) is 0.416. The summed E-state index contributed by atoms with van der Waals surface area (Å²) in [4.78, 5) is 45.1. The van der Waals surface area contributed by atoms with Crippen molar-refractivity contribution in [1.82, 2.24) is 19.6 Å². The maximum Gasteiger partial charge on any atom is 0.267 e. The Hall–Kier alpha value is -4.27. The van der Waals surface area contributed by atoms with E-state index in [9.17, 15) is 14.4 Å². The van der Waals surface area contributed by atoms with Crippen LogP contribution in [0.4, 0.5) is 0 Å². The van der Waals surface area contributed by atoms with Crippen molar-refractivity contribution >= 4 is 22.9 Å². The van der Waals surface area contributed by atoms with Gasteiger partial charge in [-0.25, -0.2) is 0 Å². The lowest BCUT2D eigenvalue weighted by Gasteiger charge is -2.32. The first kappa shape index (κ1) is 23.9. The molecule has 0 aliphatic carbocycles. The zero-order valence-electron chi connectivity index (χ0n) is 19.7. The lowest BCUT2D eigenvalue weighted by Crippen LogP contribution is -2.40. The Bertz CT molecular complexity index is 1400. The molecule has 0 aliphatic heterocycles. The molecule has 2 heterocycles. The SMILES string of the molecule is CCC(c1nc2onc(C)c2c(=O)n1Cc1ccccc1)N(CCC(N)=O)C(=O)c1ccccc1. The fraction of sp³-hybridized carbons (Fsp3) is 0.269. The highest BCUT2D eigenvalue weighted by Gasteiger charge is 2.30. The molecule has 2 amide bonds. The smallest absolute Gasteiger partial charge is 0.267 e. The minimum atomic E-state index is -0.617. The molecular formula is C26H27N5O4. The predicted molar refractivity (Wildman–Crippen MR) is 131 cm³/mol. The minimum absolute atomic E-state index is 0.0261. The third-order valence-corrected chi connectivity index (χ3v) is 5.92. The quantitative estimate of drug-likeness (QED) is 0.398. The van der Waals surface area contributed by atoms with E-state index < -0.39 is 11.9 Å². The second kappa shape index (κ2) is 10.3. The summed E-state index contributed by atoms with van der Waals surface area (Å²) in [7, 11) is 0. The van der Waals surface area contributed by atoms with Crippen molar-refractivity contribution in [2.24, 2.45) is 5.73 Å². The highest BCUT2D eigenvalue weighted by Crippen LogP contribution is 2.27. The lowest BCUT2D eigenvalue weighted by molar-refractivity contribution is -0.118. The van der Waals surface area contributed by atoms with E-state index in [2.05, 4.69) is 10.1 Å². The van der Waals surface area contributed by atoms with Gasteiger partial charge in [0.05, 0.1) is 18.3 Å². The summed E-state index contributed by atoms with van der Waals surface area (Å²) in [5, 5.41) is 4.23. The van der Waals surface area contributed by atoms with E-state index in [1.54, 1.807) is 40.7 Å². The third kappa shape index (κ3) is 4.98. The minimum Gasteiger partial charge on any atom is -0.370 e. The summed E-state index contributed by atoms with van der Waals surface area (Å²) in [6.45, 7) is 3.92. The second-order valence-electron chi connectivity index (χ2n) is 8.30. The molecule has 0 fully saturated rings. The molecule has 4 rings (SSSR count). The lowest BCUT2D eigenvalue weighted by atomic mass is 10.1. The average Bonchev–Trinajstić information content (AvgIpc) is 3.24. The van der Waals surface area contributed by atoms with Crippen LogP contribution in [-0.2, 0) is 11.3 Å². The van der Waals surface area contributed by atoms with E-state index in [1.807, 2.05) is 43.3 Å². The molecule has 1 unspecified atom stereocenters. The summed E-state index contributed by atoms with van der Waals surface area (Å²) < 4.78 is 6.90. The van der Waals surface area contributed by atoms with Crippen molar-refractivity contribution < 1.29 is 14.1 Å². The number of nitrogens with zero attached hydrogens (tertiary/aromatic N) is 4. The number of benzene rings is 2. The predicted octanol–water partition coefficient (Wildman–Crippen LogP) is 3.21. The van der Waals surface area contributed by atoms with Gasteiger partial charge in [-0.1, -0.05) is 60.6 Å². The van der Waals surface area contributed by atoms with Gasteiger partial charge in [0.25, 0.3) is 17.2 Å². The molecule has 2 aromatic carbocycles. The number of aromatic nitrogens is 3. The highest BCUT2D eigenvalue weighted by molar-refractivity contribution is 5.94. The van der Waals surface area contributed by atoms with Crippen LogP contribution in [0.5, 0.6) is 0 Å². The van der Waals surface area contributed by atoms with Gasteiger partial charge in [-0.2, -0.15) is 4.98 Å². The first-order chi connectivity index (χ1) is 16.9. The number of nitrogens with two attached hydrogens (primary N) is 1. The van der Waals surface area contributed by atoms with E-state index >= 15 is 0 Å². The Kier molecular flexibility index (Phi) is 7.05. The molecule has 0 saturated heterocycles. The van der Waals surface area contributed by atoms with Crippen LogP contribution in [-0.4, -0.2) is 38.0 Å². The molecule has 4 aromatic rings. The standard InChI is InChI=1S/C26H27N5O4/c1-3-20(30(15-14-21(27)32)25(33)19-12-8-5-9-13-19)23-28-24-22(17(2)29-35-24)26(34)31(23)16-18-10-6-4-7-11-18/h4-13,20H,3,14-16H2,1-2H3,(H2,27,32). The monoisotopic (exact) mass is 473 g/mol. The Morgan fingerprint density at radius 1 is 1.09 bits per heavy atom. The Morgan fingerprint density at radius 3 is 2.37 bits per heavy atom. The number of hydrogen-bond donors (Lipinski definition) is 1. The summed E-state index contributed by atoms with van der Waals surface area (Å²) in [5.74, 6) is -0.450. The van der Waals surface area contributed by atoms with Crippen LogP contribution in [0, 0.1) is 6.92 Å². The van der Waals surface area contributed by atoms with Crippen molar-refractivity contribution in [3.05, 3.63) is 93.7 Å². The first-order valence-electron chi connectivity index (χ1n) is 11.5. The van der Waals surface area contributed by atoms with Crippen LogP contribution in [0.2, 0.25) is 0 Å². The largest absolute Gasteiger partial charge is 0.370 e. The molecule has 0 spiro atoms. The zero-order valence-corrected chi connectivity index (χ0v) is 19.7. The van der Waals surface area contributed by atoms with E-state index in [1.165, 1.54) is 0 Å². The molecule has 35 heavy (non-hydrogen) atoms. The summed E-state index contributed by atoms with van der Waals surface area (Å²) in [5.41, 5.74) is 7.05. The number of carbonyl (C=O) groups is 2. The molecule has 0 radical (unpaired) electrons. The van der Waals surface area contributed by atoms with Crippen LogP contribution >= 0.6 is 0 Å². The highest BCUT2D eigenvalue weighted by atomic mass is 16.5. The maximum atomic E-state index is 13.6. The van der Waals surface area contributed by atoms with Gasteiger partial charge in [-0.05, 0) is 31.0 Å². The van der Waals surface area contributed by atoms with Crippen LogP contribution in [0.15, 0.2) is 70.0 Å². The number of primary amides is 1. The van der Waals surface area contributed by atoms with Crippen molar-refractivity contribution in [2.75, 3.05) is 6.54 Å². The van der Waals surface area contributed by atoms with E-state index in [4.69, 9.17) is 10.3 Å². The van der Waals surface area contributed by atoms with E-state index in [0.29, 0.717) is 28.9 Å². The Labute approximate surface area is 202 Å². The van der Waals surface area contributed by atoms with E-state index in [-0.39, 0.29) is 36.7 Å². The Morgan fingerprint density at radius 2 is 1.74 bits per heavy atom. The fourth-order valence-electron chi connectivity index (χ4n) is 4.18. The zero-order chi connectivity index (χ0) is 24.9. The van der Waals surface area contributed by atoms with Crippen molar-refractivity contribution in [3.8, 4) is 0 Å². The number of rotatable bonds is 9. The number of carbonyl (C=O) groups excluding carboxylic acids is 2. The van der Waals surface area contributed by atoms with Crippen LogP contribution in [0.1, 0.15) is 53.2 Å². The molecule has 0 bridgehead atoms.